The molecule has 90 valence electrons. The Morgan fingerprint density at radius 2 is 1.75 bits per heavy atom. The molecular weight excluding hydrogens is 198 g/mol. The van der Waals surface area contributed by atoms with Crippen LogP contribution in [0.3, 0.4) is 0 Å². The van der Waals surface area contributed by atoms with Crippen molar-refractivity contribution < 1.29 is 5.11 Å². The summed E-state index contributed by atoms with van der Waals surface area (Å²) in [6.07, 6.45) is -0.534. The van der Waals surface area contributed by atoms with E-state index >= 15 is 0 Å². The molecule has 0 heterocycles. The van der Waals surface area contributed by atoms with Crippen LogP contribution in [0.25, 0.3) is 0 Å². The van der Waals surface area contributed by atoms with E-state index in [0.717, 1.165) is 5.56 Å². The van der Waals surface area contributed by atoms with Crippen molar-refractivity contribution in [1.29, 1.82) is 0 Å². The Hall–Kier alpha value is -0.860. The lowest BCUT2D eigenvalue weighted by Crippen LogP contribution is -2.37. The van der Waals surface area contributed by atoms with Gasteiger partial charge < -0.3 is 10.8 Å². The average molecular weight is 221 g/mol. The zero-order valence-corrected chi connectivity index (χ0v) is 10.9. The molecule has 0 aromatic heterocycles. The second kappa shape index (κ2) is 4.56. The van der Waals surface area contributed by atoms with Crippen LogP contribution in [0, 0.1) is 19.3 Å². The quantitative estimate of drug-likeness (QED) is 0.806. The van der Waals surface area contributed by atoms with Gasteiger partial charge in [0.05, 0.1) is 12.1 Å². The Labute approximate surface area is 98.5 Å². The summed E-state index contributed by atoms with van der Waals surface area (Å²) < 4.78 is 0. The predicted octanol–water partition coefficient (Wildman–Crippen LogP) is 2.71. The minimum absolute atomic E-state index is 0.199. The van der Waals surface area contributed by atoms with Crippen molar-refractivity contribution in [2.75, 3.05) is 0 Å². The van der Waals surface area contributed by atoms with Crippen LogP contribution < -0.4 is 5.73 Å². The van der Waals surface area contributed by atoms with E-state index in [1.165, 1.54) is 11.1 Å². The van der Waals surface area contributed by atoms with Crippen LogP contribution in [0.4, 0.5) is 0 Å². The molecule has 0 aliphatic heterocycles. The molecule has 1 rings (SSSR count). The Morgan fingerprint density at radius 3 is 2.25 bits per heavy atom. The van der Waals surface area contributed by atoms with Gasteiger partial charge in [0, 0.05) is 0 Å². The number of aryl methyl sites for hydroxylation is 1. The van der Waals surface area contributed by atoms with E-state index in [1.54, 1.807) is 0 Å². The molecule has 2 nitrogen and oxygen atoms in total. The molecule has 16 heavy (non-hydrogen) atoms. The Kier molecular flexibility index (Phi) is 3.76. The lowest BCUT2D eigenvalue weighted by atomic mass is 9.81. The van der Waals surface area contributed by atoms with Crippen LogP contribution >= 0.6 is 0 Å². The van der Waals surface area contributed by atoms with Crippen molar-refractivity contribution in [2.45, 2.75) is 46.8 Å². The van der Waals surface area contributed by atoms with E-state index in [0.29, 0.717) is 0 Å². The summed E-state index contributed by atoms with van der Waals surface area (Å²) >= 11 is 0. The highest BCUT2D eigenvalue weighted by molar-refractivity contribution is 5.35. The minimum atomic E-state index is -0.534. The number of hydrogen-bond acceptors (Lipinski definition) is 2. The number of aliphatic hydroxyl groups is 1. The lowest BCUT2D eigenvalue weighted by Gasteiger charge is -2.32. The molecule has 0 saturated carbocycles. The van der Waals surface area contributed by atoms with E-state index in [2.05, 4.69) is 19.9 Å². The summed E-state index contributed by atoms with van der Waals surface area (Å²) in [6, 6.07) is 5.74. The first kappa shape index (κ1) is 13.2. The number of hydrogen-bond donors (Lipinski definition) is 2. The van der Waals surface area contributed by atoms with Crippen LogP contribution in [-0.2, 0) is 0 Å². The molecule has 2 heteroatoms. The highest BCUT2D eigenvalue weighted by Gasteiger charge is 2.29. The van der Waals surface area contributed by atoms with Crippen molar-refractivity contribution in [1.82, 2.24) is 0 Å². The summed E-state index contributed by atoms with van der Waals surface area (Å²) in [5.74, 6) is 0. The third-order valence-corrected chi connectivity index (χ3v) is 3.23. The minimum Gasteiger partial charge on any atom is -0.391 e. The van der Waals surface area contributed by atoms with Gasteiger partial charge in [-0.1, -0.05) is 39.0 Å². The molecule has 0 unspecified atom stereocenters. The third-order valence-electron chi connectivity index (χ3n) is 3.23. The van der Waals surface area contributed by atoms with Crippen molar-refractivity contribution in [3.05, 3.63) is 34.9 Å². The Morgan fingerprint density at radius 1 is 1.19 bits per heavy atom. The van der Waals surface area contributed by atoms with Gasteiger partial charge in [-0.25, -0.2) is 0 Å². The predicted molar refractivity (Wildman–Crippen MR) is 68.3 cm³/mol. The normalized spacial score (nSPS) is 15.9. The first-order chi connectivity index (χ1) is 7.25. The highest BCUT2D eigenvalue weighted by atomic mass is 16.3. The molecule has 3 N–H and O–H groups in total. The summed E-state index contributed by atoms with van der Waals surface area (Å²) in [5, 5.41) is 10.2. The van der Waals surface area contributed by atoms with E-state index in [1.807, 2.05) is 32.9 Å². The molecule has 0 saturated heterocycles. The molecular formula is C14H23NO. The van der Waals surface area contributed by atoms with Crippen molar-refractivity contribution in [2.24, 2.45) is 11.1 Å². The lowest BCUT2D eigenvalue weighted by molar-refractivity contribution is 0.0399. The topological polar surface area (TPSA) is 46.2 Å². The Balaban J connectivity index is 3.06. The number of aliphatic hydroxyl groups excluding tert-OH is 1. The maximum absolute atomic E-state index is 10.2. The highest BCUT2D eigenvalue weighted by Crippen LogP contribution is 2.30. The SMILES string of the molecule is Cc1cccc([C@@H](N)[C@@H](O)C(C)(C)C)c1C. The monoisotopic (exact) mass is 221 g/mol. The van der Waals surface area contributed by atoms with Crippen molar-refractivity contribution in [3.63, 3.8) is 0 Å². The fraction of sp³-hybridized carbons (Fsp3) is 0.571. The molecule has 2 atom stereocenters. The van der Waals surface area contributed by atoms with E-state index in [9.17, 15) is 5.11 Å². The third kappa shape index (κ3) is 2.63. The molecule has 0 radical (unpaired) electrons. The molecule has 1 aromatic carbocycles. The number of nitrogens with two attached hydrogens (primary N) is 1. The van der Waals surface area contributed by atoms with Gasteiger partial charge in [-0.05, 0) is 36.0 Å². The number of benzene rings is 1. The molecule has 0 spiro atoms. The van der Waals surface area contributed by atoms with Crippen molar-refractivity contribution >= 4 is 0 Å². The van der Waals surface area contributed by atoms with Gasteiger partial charge in [0.15, 0.2) is 0 Å². The first-order valence-electron chi connectivity index (χ1n) is 5.75. The largest absolute Gasteiger partial charge is 0.391 e. The van der Waals surface area contributed by atoms with Gasteiger partial charge in [0.2, 0.25) is 0 Å². The summed E-state index contributed by atoms with van der Waals surface area (Å²) in [7, 11) is 0. The maximum atomic E-state index is 10.2. The van der Waals surface area contributed by atoms with Crippen LogP contribution in [0.1, 0.15) is 43.5 Å². The number of rotatable bonds is 2. The van der Waals surface area contributed by atoms with Gasteiger partial charge in [0.25, 0.3) is 0 Å². The van der Waals surface area contributed by atoms with Gasteiger partial charge in [-0.15, -0.1) is 0 Å². The smallest absolute Gasteiger partial charge is 0.0781 e. The van der Waals surface area contributed by atoms with Gasteiger partial charge >= 0.3 is 0 Å². The first-order valence-corrected chi connectivity index (χ1v) is 5.75. The van der Waals surface area contributed by atoms with E-state index < -0.39 is 6.10 Å². The van der Waals surface area contributed by atoms with E-state index in [4.69, 9.17) is 5.73 Å². The van der Waals surface area contributed by atoms with Crippen molar-refractivity contribution in [3.8, 4) is 0 Å². The van der Waals surface area contributed by atoms with Crippen LogP contribution in [-0.4, -0.2) is 11.2 Å². The maximum Gasteiger partial charge on any atom is 0.0781 e. The molecule has 0 bridgehead atoms. The Bertz CT molecular complexity index is 365. The average Bonchev–Trinajstić information content (AvgIpc) is 2.18. The zero-order valence-electron chi connectivity index (χ0n) is 10.9. The second-order valence-corrected chi connectivity index (χ2v) is 5.63. The fourth-order valence-electron chi connectivity index (χ4n) is 1.84. The summed E-state index contributed by atoms with van der Waals surface area (Å²) in [4.78, 5) is 0. The van der Waals surface area contributed by atoms with Crippen LogP contribution in [0.5, 0.6) is 0 Å². The standard InChI is InChI=1S/C14H23NO/c1-9-7-6-8-11(10(9)2)12(15)13(16)14(3,4)5/h6-8,12-13,16H,15H2,1-5H3/t12-,13-/m1/s1. The van der Waals surface area contributed by atoms with Crippen LogP contribution in [0.2, 0.25) is 0 Å². The summed E-state index contributed by atoms with van der Waals surface area (Å²) in [5.41, 5.74) is 9.39. The summed E-state index contributed by atoms with van der Waals surface area (Å²) in [6.45, 7) is 10.1. The molecule has 0 amide bonds. The van der Waals surface area contributed by atoms with Gasteiger partial charge in [0.1, 0.15) is 0 Å². The molecule has 0 aliphatic carbocycles. The molecule has 0 fully saturated rings. The van der Waals surface area contributed by atoms with Crippen LogP contribution in [0.15, 0.2) is 18.2 Å². The van der Waals surface area contributed by atoms with E-state index in [-0.39, 0.29) is 11.5 Å². The molecule has 0 aliphatic rings. The molecule has 1 aromatic rings. The van der Waals surface area contributed by atoms with Gasteiger partial charge in [-0.2, -0.15) is 0 Å². The zero-order chi connectivity index (χ0) is 12.5. The second-order valence-electron chi connectivity index (χ2n) is 5.63. The fourth-order valence-corrected chi connectivity index (χ4v) is 1.84. The van der Waals surface area contributed by atoms with Gasteiger partial charge in [-0.3, -0.25) is 0 Å².